The lowest BCUT2D eigenvalue weighted by atomic mass is 9.97. The molecule has 0 saturated heterocycles. The number of benzene rings is 1. The van der Waals surface area contributed by atoms with Crippen molar-refractivity contribution in [3.05, 3.63) is 22.2 Å². The average molecular weight is 325 g/mol. The summed E-state index contributed by atoms with van der Waals surface area (Å²) in [6.07, 6.45) is 0. The van der Waals surface area contributed by atoms with Gasteiger partial charge in [-0.3, -0.25) is 0 Å². The Bertz CT molecular complexity index is 557. The summed E-state index contributed by atoms with van der Waals surface area (Å²) in [7, 11) is -2.23. The third-order valence-corrected chi connectivity index (χ3v) is 5.11. The summed E-state index contributed by atoms with van der Waals surface area (Å²) in [5.74, 6) is 0. The Hall–Kier alpha value is -0.490. The molecule has 0 fully saturated rings. The van der Waals surface area contributed by atoms with Crippen molar-refractivity contribution in [1.82, 2.24) is 4.31 Å². The van der Waals surface area contributed by atoms with Gasteiger partial charge in [-0.05, 0) is 17.5 Å². The number of nitrogens with two attached hydrogens (primary N) is 1. The van der Waals surface area contributed by atoms with Crippen molar-refractivity contribution in [3.63, 3.8) is 0 Å². The smallest absolute Gasteiger partial charge is 0.245 e. The zero-order valence-corrected chi connectivity index (χ0v) is 13.7. The molecule has 1 rings (SSSR count). The number of rotatable bonds is 3. The molecular formula is C12H18Cl2N2O2S. The number of hydrogen-bond donors (Lipinski definition) is 1. The van der Waals surface area contributed by atoms with Crippen LogP contribution in [-0.2, 0) is 10.0 Å². The molecule has 0 aliphatic rings. The van der Waals surface area contributed by atoms with Gasteiger partial charge in [-0.15, -0.1) is 0 Å². The second-order valence-corrected chi connectivity index (χ2v) is 8.43. The van der Waals surface area contributed by atoms with Gasteiger partial charge in [0.2, 0.25) is 10.0 Å². The van der Waals surface area contributed by atoms with Crippen LogP contribution in [0.3, 0.4) is 0 Å². The average Bonchev–Trinajstić information content (AvgIpc) is 2.11. The van der Waals surface area contributed by atoms with Crippen LogP contribution in [0.25, 0.3) is 0 Å². The molecule has 19 heavy (non-hydrogen) atoms. The summed E-state index contributed by atoms with van der Waals surface area (Å²) in [6.45, 7) is 6.20. The lowest BCUT2D eigenvalue weighted by Gasteiger charge is -2.26. The molecule has 0 amide bonds. The number of sulfonamides is 1. The highest BCUT2D eigenvalue weighted by Crippen LogP contribution is 2.34. The maximum absolute atomic E-state index is 12.5. The highest BCUT2D eigenvalue weighted by atomic mass is 35.5. The highest BCUT2D eigenvalue weighted by Gasteiger charge is 2.29. The fourth-order valence-electron chi connectivity index (χ4n) is 1.73. The van der Waals surface area contributed by atoms with E-state index in [1.54, 1.807) is 0 Å². The van der Waals surface area contributed by atoms with E-state index in [0.29, 0.717) is 12.2 Å². The molecule has 1 aromatic carbocycles. The maximum Gasteiger partial charge on any atom is 0.245 e. The number of nitrogens with zero attached hydrogens (tertiary/aromatic N) is 1. The first-order chi connectivity index (χ1) is 8.45. The van der Waals surface area contributed by atoms with Gasteiger partial charge in [-0.25, -0.2) is 12.7 Å². The SMILES string of the molecule is CN(CC(C)(C)C)S(=O)(=O)c1c(Cl)cc(N)cc1Cl. The van der Waals surface area contributed by atoms with Crippen LogP contribution >= 0.6 is 23.2 Å². The van der Waals surface area contributed by atoms with E-state index >= 15 is 0 Å². The maximum atomic E-state index is 12.5. The summed E-state index contributed by atoms with van der Waals surface area (Å²) in [5.41, 5.74) is 5.73. The third-order valence-electron chi connectivity index (χ3n) is 2.39. The van der Waals surface area contributed by atoms with E-state index in [4.69, 9.17) is 28.9 Å². The fraction of sp³-hybridized carbons (Fsp3) is 0.500. The van der Waals surface area contributed by atoms with Crippen molar-refractivity contribution in [2.24, 2.45) is 5.41 Å². The Kier molecular flexibility index (Phi) is 4.78. The Balaban J connectivity index is 3.29. The van der Waals surface area contributed by atoms with Crippen LogP contribution in [0, 0.1) is 5.41 Å². The Morgan fingerprint density at radius 2 is 1.63 bits per heavy atom. The van der Waals surface area contributed by atoms with Gasteiger partial charge in [0, 0.05) is 19.3 Å². The largest absolute Gasteiger partial charge is 0.399 e. The van der Waals surface area contributed by atoms with Crippen molar-refractivity contribution in [3.8, 4) is 0 Å². The Morgan fingerprint density at radius 3 is 2.00 bits per heavy atom. The van der Waals surface area contributed by atoms with Gasteiger partial charge in [-0.1, -0.05) is 44.0 Å². The number of hydrogen-bond acceptors (Lipinski definition) is 3. The molecule has 7 heteroatoms. The molecule has 108 valence electrons. The zero-order valence-electron chi connectivity index (χ0n) is 11.4. The summed E-state index contributed by atoms with van der Waals surface area (Å²) in [4.78, 5) is -0.100. The van der Waals surface area contributed by atoms with Crippen LogP contribution in [0.1, 0.15) is 20.8 Å². The minimum atomic E-state index is -3.74. The lowest BCUT2D eigenvalue weighted by Crippen LogP contribution is -2.34. The van der Waals surface area contributed by atoms with Gasteiger partial charge in [0.25, 0.3) is 0 Å². The van der Waals surface area contributed by atoms with Crippen LogP contribution in [0.2, 0.25) is 10.0 Å². The molecule has 0 radical (unpaired) electrons. The molecule has 1 aromatic rings. The van der Waals surface area contributed by atoms with Gasteiger partial charge in [0.05, 0.1) is 10.0 Å². The van der Waals surface area contributed by atoms with Crippen molar-refractivity contribution in [2.45, 2.75) is 25.7 Å². The van der Waals surface area contributed by atoms with Crippen molar-refractivity contribution in [2.75, 3.05) is 19.3 Å². The first kappa shape index (κ1) is 16.6. The van der Waals surface area contributed by atoms with Crippen LogP contribution in [0.4, 0.5) is 5.69 Å². The number of halogens is 2. The Labute approximate surface area is 124 Å². The molecule has 0 atom stereocenters. The normalized spacial score (nSPS) is 13.0. The first-order valence-corrected chi connectivity index (χ1v) is 7.85. The summed E-state index contributed by atoms with van der Waals surface area (Å²) < 4.78 is 26.2. The van der Waals surface area contributed by atoms with E-state index in [0.717, 1.165) is 0 Å². The summed E-state index contributed by atoms with van der Waals surface area (Å²) in [6, 6.07) is 2.76. The van der Waals surface area contributed by atoms with E-state index in [-0.39, 0.29) is 20.4 Å². The summed E-state index contributed by atoms with van der Waals surface area (Å²) in [5, 5.41) is 0.0662. The second-order valence-electron chi connectivity index (χ2n) is 5.64. The van der Waals surface area contributed by atoms with E-state index in [2.05, 4.69) is 0 Å². The molecule has 0 unspecified atom stereocenters. The molecule has 4 nitrogen and oxygen atoms in total. The summed E-state index contributed by atoms with van der Waals surface area (Å²) >= 11 is 11.9. The minimum Gasteiger partial charge on any atom is -0.399 e. The first-order valence-electron chi connectivity index (χ1n) is 5.66. The molecule has 0 aliphatic carbocycles. The molecule has 0 spiro atoms. The van der Waals surface area contributed by atoms with E-state index in [1.165, 1.54) is 23.5 Å². The van der Waals surface area contributed by atoms with Crippen LogP contribution in [0.5, 0.6) is 0 Å². The van der Waals surface area contributed by atoms with E-state index in [1.807, 2.05) is 20.8 Å². The van der Waals surface area contributed by atoms with Crippen molar-refractivity contribution in [1.29, 1.82) is 0 Å². The number of anilines is 1. The van der Waals surface area contributed by atoms with Crippen LogP contribution in [0.15, 0.2) is 17.0 Å². The molecule has 2 N–H and O–H groups in total. The predicted octanol–water partition coefficient (Wildman–Crippen LogP) is 3.24. The molecule has 0 aliphatic heterocycles. The second kappa shape index (κ2) is 5.48. The van der Waals surface area contributed by atoms with Gasteiger partial charge in [0.15, 0.2) is 0 Å². The number of nitrogen functional groups attached to an aromatic ring is 1. The molecule has 0 heterocycles. The van der Waals surface area contributed by atoms with Crippen molar-refractivity contribution < 1.29 is 8.42 Å². The standard InChI is InChI=1S/C12H18Cl2N2O2S/c1-12(2,3)7-16(4)19(17,18)11-9(13)5-8(15)6-10(11)14/h5-6H,7,15H2,1-4H3. The third kappa shape index (κ3) is 3.99. The lowest BCUT2D eigenvalue weighted by molar-refractivity contribution is 0.311. The van der Waals surface area contributed by atoms with Crippen molar-refractivity contribution >= 4 is 38.9 Å². The monoisotopic (exact) mass is 324 g/mol. The quantitative estimate of drug-likeness (QED) is 0.868. The van der Waals surface area contributed by atoms with Gasteiger partial charge in [-0.2, -0.15) is 0 Å². The molecule has 0 aromatic heterocycles. The van der Waals surface area contributed by atoms with Gasteiger partial charge < -0.3 is 5.73 Å². The minimum absolute atomic E-state index is 0.0331. The molecular weight excluding hydrogens is 307 g/mol. The molecule has 0 saturated carbocycles. The molecule has 0 bridgehead atoms. The topological polar surface area (TPSA) is 63.4 Å². The van der Waals surface area contributed by atoms with E-state index < -0.39 is 10.0 Å². The highest BCUT2D eigenvalue weighted by molar-refractivity contribution is 7.89. The Morgan fingerprint density at radius 1 is 1.21 bits per heavy atom. The van der Waals surface area contributed by atoms with Crippen LogP contribution in [-0.4, -0.2) is 26.3 Å². The fourth-order valence-corrected chi connectivity index (χ4v) is 4.30. The van der Waals surface area contributed by atoms with Crippen LogP contribution < -0.4 is 5.73 Å². The van der Waals surface area contributed by atoms with Gasteiger partial charge >= 0.3 is 0 Å². The van der Waals surface area contributed by atoms with Gasteiger partial charge in [0.1, 0.15) is 4.90 Å². The predicted molar refractivity (Wildman–Crippen MR) is 80.1 cm³/mol. The van der Waals surface area contributed by atoms with E-state index in [9.17, 15) is 8.42 Å². The zero-order chi connectivity index (χ0) is 15.0.